The second-order valence-corrected chi connectivity index (χ2v) is 9.55. The Bertz CT molecular complexity index is 1200. The molecule has 10 heteroatoms. The van der Waals surface area contributed by atoms with Gasteiger partial charge in [-0.1, -0.05) is 37.6 Å². The van der Waals surface area contributed by atoms with E-state index in [-0.39, 0.29) is 42.3 Å². The fourth-order valence-corrected chi connectivity index (χ4v) is 4.32. The highest BCUT2D eigenvalue weighted by molar-refractivity contribution is 6.30. The topological polar surface area (TPSA) is 104 Å². The number of halogens is 2. The van der Waals surface area contributed by atoms with Gasteiger partial charge in [0.05, 0.1) is 25.1 Å². The number of ether oxygens (including phenoxy) is 2. The summed E-state index contributed by atoms with van der Waals surface area (Å²) in [5.41, 5.74) is 1.39. The van der Waals surface area contributed by atoms with Crippen molar-refractivity contribution in [1.82, 2.24) is 9.47 Å². The first-order chi connectivity index (χ1) is 17.6. The lowest BCUT2D eigenvalue weighted by molar-refractivity contribution is -0.138. The van der Waals surface area contributed by atoms with Crippen molar-refractivity contribution in [2.45, 2.75) is 39.4 Å². The molecule has 3 rings (SSSR count). The van der Waals surface area contributed by atoms with Crippen molar-refractivity contribution < 1.29 is 34.0 Å². The number of benzene rings is 2. The van der Waals surface area contributed by atoms with E-state index in [0.29, 0.717) is 30.2 Å². The largest absolute Gasteiger partial charge is 0.494 e. The molecule has 2 aromatic carbocycles. The minimum Gasteiger partial charge on any atom is -0.494 e. The highest BCUT2D eigenvalue weighted by Gasteiger charge is 2.25. The van der Waals surface area contributed by atoms with Gasteiger partial charge in [-0.2, -0.15) is 0 Å². The molecule has 0 aliphatic rings. The third-order valence-corrected chi connectivity index (χ3v) is 6.16. The number of nitrogens with zero attached hydrogens (tertiary/aromatic N) is 2. The quantitative estimate of drug-likeness (QED) is 0.268. The molecule has 0 aliphatic heterocycles. The minimum atomic E-state index is -0.991. The van der Waals surface area contributed by atoms with Crippen LogP contribution in [0.5, 0.6) is 23.3 Å². The molecule has 1 aromatic heterocycles. The maximum atomic E-state index is 14.3. The van der Waals surface area contributed by atoms with Crippen molar-refractivity contribution in [3.63, 3.8) is 0 Å². The molecule has 0 bridgehead atoms. The summed E-state index contributed by atoms with van der Waals surface area (Å²) >= 11 is 5.86. The van der Waals surface area contributed by atoms with Crippen LogP contribution in [0.25, 0.3) is 0 Å². The predicted molar refractivity (Wildman–Crippen MR) is 138 cm³/mol. The summed E-state index contributed by atoms with van der Waals surface area (Å²) in [5, 5.41) is 29.1. The first kappa shape index (κ1) is 28.1. The van der Waals surface area contributed by atoms with Crippen LogP contribution in [0, 0.1) is 11.7 Å². The van der Waals surface area contributed by atoms with Gasteiger partial charge in [0, 0.05) is 31.3 Å². The second kappa shape index (κ2) is 12.7. The smallest absolute Gasteiger partial charge is 0.305 e. The standard InChI is InChI=1S/C27H32ClFN2O6/c1-17(2)15-30(22(14-27(34)35)19-5-6-20(28)21(29)13-19)16-18-4-7-23(24(12-18)36-3)37-11-10-31-25(32)8-9-26(31)33/h4-9,12-13,17,22,32-33H,10-11,14-16H2,1-3H3,(H,34,35). The van der Waals surface area contributed by atoms with Crippen LogP contribution < -0.4 is 9.47 Å². The van der Waals surface area contributed by atoms with Gasteiger partial charge in [-0.05, 0) is 41.3 Å². The Morgan fingerprint density at radius 3 is 2.38 bits per heavy atom. The van der Waals surface area contributed by atoms with Crippen molar-refractivity contribution in [3.8, 4) is 23.3 Å². The minimum absolute atomic E-state index is 0.0178. The Balaban J connectivity index is 1.81. The van der Waals surface area contributed by atoms with Crippen LogP contribution in [-0.2, 0) is 17.9 Å². The number of rotatable bonds is 13. The maximum Gasteiger partial charge on any atom is 0.305 e. The molecule has 1 unspecified atom stereocenters. The Kier molecular flexibility index (Phi) is 9.66. The first-order valence-corrected chi connectivity index (χ1v) is 12.2. The van der Waals surface area contributed by atoms with Crippen LogP contribution >= 0.6 is 11.6 Å². The highest BCUT2D eigenvalue weighted by Crippen LogP contribution is 2.33. The van der Waals surface area contributed by atoms with Crippen LogP contribution in [0.15, 0.2) is 48.5 Å². The van der Waals surface area contributed by atoms with Gasteiger partial charge >= 0.3 is 5.97 Å². The molecule has 0 saturated heterocycles. The number of aromatic hydroxyl groups is 2. The van der Waals surface area contributed by atoms with E-state index in [2.05, 4.69) is 0 Å². The number of methoxy groups -OCH3 is 1. The van der Waals surface area contributed by atoms with Crippen LogP contribution in [0.4, 0.5) is 4.39 Å². The molecule has 1 heterocycles. The molecular formula is C27H32ClFN2O6. The SMILES string of the molecule is COc1cc(CN(CC(C)C)C(CC(=O)O)c2ccc(Cl)c(F)c2)ccc1OCCn1c(O)ccc1O. The summed E-state index contributed by atoms with van der Waals surface area (Å²) in [6.07, 6.45) is -0.203. The monoisotopic (exact) mass is 534 g/mol. The lowest BCUT2D eigenvalue weighted by Crippen LogP contribution is -2.33. The third kappa shape index (κ3) is 7.53. The second-order valence-electron chi connectivity index (χ2n) is 9.15. The van der Waals surface area contributed by atoms with Crippen LogP contribution in [0.1, 0.15) is 37.4 Å². The third-order valence-electron chi connectivity index (χ3n) is 5.86. The van der Waals surface area contributed by atoms with E-state index < -0.39 is 17.8 Å². The van der Waals surface area contributed by atoms with Gasteiger partial charge in [-0.15, -0.1) is 0 Å². The van der Waals surface area contributed by atoms with E-state index >= 15 is 0 Å². The van der Waals surface area contributed by atoms with Gasteiger partial charge in [0.25, 0.3) is 0 Å². The fraction of sp³-hybridized carbons (Fsp3) is 0.370. The van der Waals surface area contributed by atoms with Crippen molar-refractivity contribution in [2.24, 2.45) is 5.92 Å². The zero-order valence-electron chi connectivity index (χ0n) is 21.0. The fourth-order valence-electron chi connectivity index (χ4n) is 4.20. The summed E-state index contributed by atoms with van der Waals surface area (Å²) in [6, 6.07) is 12.0. The average molecular weight is 535 g/mol. The van der Waals surface area contributed by atoms with E-state index in [1.807, 2.05) is 30.9 Å². The lowest BCUT2D eigenvalue weighted by atomic mass is 9.99. The summed E-state index contributed by atoms with van der Waals surface area (Å²) in [4.78, 5) is 13.7. The van der Waals surface area contributed by atoms with E-state index in [1.165, 1.54) is 35.9 Å². The summed E-state index contributed by atoms with van der Waals surface area (Å²) in [6.45, 7) is 5.44. The van der Waals surface area contributed by atoms with Gasteiger partial charge in [-0.25, -0.2) is 4.39 Å². The van der Waals surface area contributed by atoms with Gasteiger partial charge in [0.15, 0.2) is 23.3 Å². The van der Waals surface area contributed by atoms with Gasteiger partial charge in [0.2, 0.25) is 0 Å². The molecule has 0 fully saturated rings. The number of hydrogen-bond acceptors (Lipinski definition) is 6. The predicted octanol–water partition coefficient (Wildman–Crippen LogP) is 5.45. The average Bonchev–Trinajstić information content (AvgIpc) is 3.16. The number of carbonyl (C=O) groups is 1. The zero-order valence-corrected chi connectivity index (χ0v) is 21.8. The molecular weight excluding hydrogens is 503 g/mol. The Morgan fingerprint density at radius 2 is 1.78 bits per heavy atom. The molecule has 0 saturated carbocycles. The van der Waals surface area contributed by atoms with E-state index in [9.17, 15) is 24.5 Å². The van der Waals surface area contributed by atoms with Crippen molar-refractivity contribution in [1.29, 1.82) is 0 Å². The van der Waals surface area contributed by atoms with E-state index in [0.717, 1.165) is 5.56 Å². The normalized spacial score (nSPS) is 12.2. The number of aromatic nitrogens is 1. The molecule has 3 N–H and O–H groups in total. The molecule has 0 spiro atoms. The zero-order chi connectivity index (χ0) is 27.1. The summed E-state index contributed by atoms with van der Waals surface area (Å²) in [5.74, 6) is -0.529. The Labute approximate surface area is 220 Å². The van der Waals surface area contributed by atoms with Crippen LogP contribution in [-0.4, -0.2) is 51.0 Å². The number of carboxylic acids is 1. The van der Waals surface area contributed by atoms with Crippen molar-refractivity contribution in [3.05, 3.63) is 70.5 Å². The van der Waals surface area contributed by atoms with Crippen molar-refractivity contribution in [2.75, 3.05) is 20.3 Å². The molecule has 8 nitrogen and oxygen atoms in total. The molecule has 1 atom stereocenters. The van der Waals surface area contributed by atoms with Gasteiger partial charge in [0.1, 0.15) is 12.4 Å². The number of carboxylic acid groups (broad SMARTS) is 1. The molecule has 3 aromatic rings. The lowest BCUT2D eigenvalue weighted by Gasteiger charge is -2.33. The van der Waals surface area contributed by atoms with Crippen LogP contribution in [0.3, 0.4) is 0 Å². The molecule has 200 valence electrons. The highest BCUT2D eigenvalue weighted by atomic mass is 35.5. The Hall–Kier alpha value is -3.43. The van der Waals surface area contributed by atoms with Gasteiger partial charge < -0.3 is 24.8 Å². The van der Waals surface area contributed by atoms with E-state index in [1.54, 1.807) is 12.1 Å². The van der Waals surface area contributed by atoms with Crippen LogP contribution in [0.2, 0.25) is 5.02 Å². The maximum absolute atomic E-state index is 14.3. The van der Waals surface area contributed by atoms with E-state index in [4.69, 9.17) is 21.1 Å². The first-order valence-electron chi connectivity index (χ1n) is 11.9. The molecule has 37 heavy (non-hydrogen) atoms. The molecule has 0 amide bonds. The van der Waals surface area contributed by atoms with Crippen molar-refractivity contribution >= 4 is 17.6 Å². The number of aliphatic carboxylic acids is 1. The van der Waals surface area contributed by atoms with Gasteiger partial charge in [-0.3, -0.25) is 14.3 Å². The summed E-state index contributed by atoms with van der Waals surface area (Å²) < 4.78 is 26.9. The molecule has 0 radical (unpaired) electrons. The number of hydrogen-bond donors (Lipinski definition) is 3. The molecule has 0 aliphatic carbocycles. The summed E-state index contributed by atoms with van der Waals surface area (Å²) in [7, 11) is 1.52. The Morgan fingerprint density at radius 1 is 1.08 bits per heavy atom.